The molecule has 3 rings (SSSR count). The lowest BCUT2D eigenvalue weighted by Crippen LogP contribution is -2.51. The highest BCUT2D eigenvalue weighted by Crippen LogP contribution is 2.26. The summed E-state index contributed by atoms with van der Waals surface area (Å²) in [5.74, 6) is -0.914. The Morgan fingerprint density at radius 3 is 2.45 bits per heavy atom. The summed E-state index contributed by atoms with van der Waals surface area (Å²) in [4.78, 5) is 40.1. The van der Waals surface area contributed by atoms with Crippen LogP contribution in [0.15, 0.2) is 18.2 Å². The van der Waals surface area contributed by atoms with Crippen molar-refractivity contribution in [1.82, 2.24) is 15.1 Å². The van der Waals surface area contributed by atoms with E-state index in [0.717, 1.165) is 51.9 Å². The van der Waals surface area contributed by atoms with Gasteiger partial charge in [0.15, 0.2) is 0 Å². The predicted octanol–water partition coefficient (Wildman–Crippen LogP) is 1.85. The Balaban J connectivity index is 1.42. The molecule has 1 saturated heterocycles. The number of amides is 3. The lowest BCUT2D eigenvalue weighted by Gasteiger charge is -2.36. The van der Waals surface area contributed by atoms with E-state index in [1.807, 2.05) is 4.90 Å². The van der Waals surface area contributed by atoms with Gasteiger partial charge in [-0.15, -0.1) is 0 Å². The largest absolute Gasteiger partial charge is 0.351 e. The Morgan fingerprint density at radius 2 is 1.79 bits per heavy atom. The molecule has 1 aromatic rings. The summed E-state index contributed by atoms with van der Waals surface area (Å²) in [5.41, 5.74) is 0.287. The molecule has 2 N–H and O–H groups in total. The normalized spacial score (nSPS) is 17.9. The third-order valence-corrected chi connectivity index (χ3v) is 5.63. The van der Waals surface area contributed by atoms with Crippen molar-refractivity contribution < 1.29 is 18.8 Å². The molecular formula is C21H29FN4O3. The van der Waals surface area contributed by atoms with Crippen molar-refractivity contribution in [3.8, 4) is 0 Å². The van der Waals surface area contributed by atoms with Crippen molar-refractivity contribution >= 4 is 23.4 Å². The summed E-state index contributed by atoms with van der Waals surface area (Å²) in [6.45, 7) is 5.38. The molecule has 0 atom stereocenters. The fourth-order valence-corrected chi connectivity index (χ4v) is 4.03. The summed E-state index contributed by atoms with van der Waals surface area (Å²) in [5, 5.41) is 5.27. The van der Waals surface area contributed by atoms with Crippen molar-refractivity contribution in [3.63, 3.8) is 0 Å². The zero-order valence-electron chi connectivity index (χ0n) is 16.9. The first-order chi connectivity index (χ1) is 13.9. The van der Waals surface area contributed by atoms with E-state index in [0.29, 0.717) is 24.7 Å². The number of nitrogens with zero attached hydrogens (tertiary/aromatic N) is 2. The molecule has 8 heteroatoms. The first-order valence-corrected chi connectivity index (χ1v) is 10.3. The molecule has 1 aromatic carbocycles. The number of halogens is 1. The zero-order valence-corrected chi connectivity index (χ0v) is 16.9. The monoisotopic (exact) mass is 404 g/mol. The smallest absolute Gasteiger partial charge is 0.254 e. The topological polar surface area (TPSA) is 81.8 Å². The summed E-state index contributed by atoms with van der Waals surface area (Å²) < 4.78 is 14.0. The van der Waals surface area contributed by atoms with Crippen LogP contribution in [0.5, 0.6) is 0 Å². The Hall–Kier alpha value is -2.48. The standard InChI is InChI=1S/C21H29FN4O3/c1-15(27)24-17-6-7-19(22)18(14-17)20(28)23-8-9-25-10-12-26(13-11-25)21(29)16-4-2-3-5-16/h6-7,14,16H,2-5,8-13H2,1H3,(H,23,28)(H,24,27). The minimum atomic E-state index is -0.629. The molecule has 2 aliphatic rings. The number of rotatable bonds is 6. The van der Waals surface area contributed by atoms with Crippen LogP contribution >= 0.6 is 0 Å². The Bertz CT molecular complexity index is 756. The van der Waals surface area contributed by atoms with Crippen LogP contribution in [0.2, 0.25) is 0 Å². The van der Waals surface area contributed by atoms with E-state index in [4.69, 9.17) is 0 Å². The van der Waals surface area contributed by atoms with Gasteiger partial charge in [0.05, 0.1) is 5.56 Å². The predicted molar refractivity (Wildman–Crippen MR) is 108 cm³/mol. The molecule has 2 fully saturated rings. The van der Waals surface area contributed by atoms with E-state index in [-0.39, 0.29) is 17.4 Å². The lowest BCUT2D eigenvalue weighted by atomic mass is 10.1. The van der Waals surface area contributed by atoms with Gasteiger partial charge in [-0.25, -0.2) is 4.39 Å². The SMILES string of the molecule is CC(=O)Nc1ccc(F)c(C(=O)NCCN2CCN(C(=O)C3CCCC3)CC2)c1. The van der Waals surface area contributed by atoms with Gasteiger partial charge in [-0.2, -0.15) is 0 Å². The van der Waals surface area contributed by atoms with Gasteiger partial charge in [-0.3, -0.25) is 19.3 Å². The second-order valence-electron chi connectivity index (χ2n) is 7.78. The number of carbonyl (C=O) groups is 3. The van der Waals surface area contributed by atoms with Gasteiger partial charge in [0.1, 0.15) is 5.82 Å². The van der Waals surface area contributed by atoms with Gasteiger partial charge in [-0.1, -0.05) is 12.8 Å². The Morgan fingerprint density at radius 1 is 1.10 bits per heavy atom. The van der Waals surface area contributed by atoms with Crippen molar-refractivity contribution in [2.45, 2.75) is 32.6 Å². The van der Waals surface area contributed by atoms with Gasteiger partial charge in [-0.05, 0) is 31.0 Å². The van der Waals surface area contributed by atoms with Crippen LogP contribution in [-0.2, 0) is 9.59 Å². The average molecular weight is 404 g/mol. The molecule has 0 spiro atoms. The third-order valence-electron chi connectivity index (χ3n) is 5.63. The highest BCUT2D eigenvalue weighted by Gasteiger charge is 2.29. The first-order valence-electron chi connectivity index (χ1n) is 10.3. The minimum Gasteiger partial charge on any atom is -0.351 e. The van der Waals surface area contributed by atoms with Crippen LogP contribution in [0.4, 0.5) is 10.1 Å². The van der Waals surface area contributed by atoms with Crippen LogP contribution in [0.3, 0.4) is 0 Å². The van der Waals surface area contributed by atoms with Crippen LogP contribution in [-0.4, -0.2) is 66.8 Å². The van der Waals surface area contributed by atoms with E-state index < -0.39 is 11.7 Å². The molecule has 1 heterocycles. The van der Waals surface area contributed by atoms with Crippen LogP contribution < -0.4 is 10.6 Å². The molecule has 1 saturated carbocycles. The average Bonchev–Trinajstić information content (AvgIpc) is 3.24. The molecule has 0 aromatic heterocycles. The van der Waals surface area contributed by atoms with Crippen molar-refractivity contribution in [1.29, 1.82) is 0 Å². The van der Waals surface area contributed by atoms with E-state index in [1.54, 1.807) is 0 Å². The van der Waals surface area contributed by atoms with Crippen LogP contribution in [0.1, 0.15) is 43.0 Å². The maximum Gasteiger partial charge on any atom is 0.254 e. The second kappa shape index (κ2) is 9.82. The summed E-state index contributed by atoms with van der Waals surface area (Å²) in [6.07, 6.45) is 4.35. The van der Waals surface area contributed by atoms with Gasteiger partial charge >= 0.3 is 0 Å². The fourth-order valence-electron chi connectivity index (χ4n) is 4.03. The fraction of sp³-hybridized carbons (Fsp3) is 0.571. The molecule has 0 radical (unpaired) electrons. The molecule has 158 valence electrons. The number of anilines is 1. The quantitative estimate of drug-likeness (QED) is 0.758. The van der Waals surface area contributed by atoms with E-state index in [1.165, 1.54) is 25.1 Å². The Labute approximate surface area is 170 Å². The molecule has 1 aliphatic heterocycles. The van der Waals surface area contributed by atoms with Crippen molar-refractivity contribution in [2.24, 2.45) is 5.92 Å². The van der Waals surface area contributed by atoms with E-state index >= 15 is 0 Å². The molecule has 7 nitrogen and oxygen atoms in total. The lowest BCUT2D eigenvalue weighted by molar-refractivity contribution is -0.137. The molecule has 3 amide bonds. The maximum atomic E-state index is 14.0. The van der Waals surface area contributed by atoms with Crippen LogP contribution in [0, 0.1) is 11.7 Å². The highest BCUT2D eigenvalue weighted by molar-refractivity contribution is 5.97. The Kier molecular flexibility index (Phi) is 7.19. The molecule has 0 unspecified atom stereocenters. The van der Waals surface area contributed by atoms with Crippen molar-refractivity contribution in [3.05, 3.63) is 29.6 Å². The first kappa shape index (κ1) is 21.2. The zero-order chi connectivity index (χ0) is 20.8. The number of piperazine rings is 1. The second-order valence-corrected chi connectivity index (χ2v) is 7.78. The van der Waals surface area contributed by atoms with Crippen LogP contribution in [0.25, 0.3) is 0 Å². The molecule has 29 heavy (non-hydrogen) atoms. The molecule has 1 aliphatic carbocycles. The van der Waals surface area contributed by atoms with Gasteiger partial charge in [0, 0.05) is 57.8 Å². The number of hydrogen-bond donors (Lipinski definition) is 2. The summed E-state index contributed by atoms with van der Waals surface area (Å²) in [6, 6.07) is 3.92. The van der Waals surface area contributed by atoms with Gasteiger partial charge in [0.25, 0.3) is 5.91 Å². The number of carbonyl (C=O) groups excluding carboxylic acids is 3. The van der Waals surface area contributed by atoms with Gasteiger partial charge in [0.2, 0.25) is 11.8 Å². The number of benzene rings is 1. The van der Waals surface area contributed by atoms with Crippen molar-refractivity contribution in [2.75, 3.05) is 44.6 Å². The summed E-state index contributed by atoms with van der Waals surface area (Å²) in [7, 11) is 0. The maximum absolute atomic E-state index is 14.0. The molecule has 0 bridgehead atoms. The minimum absolute atomic E-state index is 0.0942. The summed E-state index contributed by atoms with van der Waals surface area (Å²) >= 11 is 0. The van der Waals surface area contributed by atoms with Gasteiger partial charge < -0.3 is 15.5 Å². The number of nitrogens with one attached hydrogen (secondary N) is 2. The number of hydrogen-bond acceptors (Lipinski definition) is 4. The third kappa shape index (κ3) is 5.76. The molecular weight excluding hydrogens is 375 g/mol. The van der Waals surface area contributed by atoms with E-state index in [9.17, 15) is 18.8 Å². The highest BCUT2D eigenvalue weighted by atomic mass is 19.1. The van der Waals surface area contributed by atoms with E-state index in [2.05, 4.69) is 15.5 Å².